The van der Waals surface area contributed by atoms with Crippen molar-refractivity contribution < 1.29 is 19.7 Å². The number of halogens is 1. The maximum atomic E-state index is 11.9. The molecule has 1 aromatic rings. The third-order valence-corrected chi connectivity index (χ3v) is 5.10. The standard InChI is InChI=1S/C15H19BrO4/c1-9-11(16)8-10(12(17)13(9)20-2)15(14(18)19)6-4-3-5-7-15/h8,17H,3-7H2,1-2H3,(H,18,19). The zero-order valence-corrected chi connectivity index (χ0v) is 13.3. The predicted octanol–water partition coefficient (Wildman–Crippen LogP) is 3.76. The first kappa shape index (κ1) is 15.2. The van der Waals surface area contributed by atoms with Crippen molar-refractivity contribution in [3.63, 3.8) is 0 Å². The molecule has 0 unspecified atom stereocenters. The smallest absolute Gasteiger partial charge is 0.314 e. The molecular weight excluding hydrogens is 324 g/mol. The molecule has 0 bridgehead atoms. The molecule has 0 atom stereocenters. The van der Waals surface area contributed by atoms with Gasteiger partial charge >= 0.3 is 5.97 Å². The van der Waals surface area contributed by atoms with E-state index >= 15 is 0 Å². The Bertz CT molecular complexity index is 533. The summed E-state index contributed by atoms with van der Waals surface area (Å²) in [6, 6.07) is 1.73. The van der Waals surface area contributed by atoms with Crippen LogP contribution in [-0.2, 0) is 10.2 Å². The largest absolute Gasteiger partial charge is 0.504 e. The first-order valence-corrected chi connectivity index (χ1v) is 7.53. The average Bonchev–Trinajstić information content (AvgIpc) is 2.44. The minimum atomic E-state index is -1.01. The summed E-state index contributed by atoms with van der Waals surface area (Å²) in [4.78, 5) is 11.9. The van der Waals surface area contributed by atoms with Crippen LogP contribution in [-0.4, -0.2) is 23.3 Å². The minimum Gasteiger partial charge on any atom is -0.504 e. The summed E-state index contributed by atoms with van der Waals surface area (Å²) in [5, 5.41) is 20.2. The molecule has 0 radical (unpaired) electrons. The maximum absolute atomic E-state index is 11.9. The number of aliphatic carboxylic acids is 1. The number of rotatable bonds is 3. The number of carboxylic acids is 1. The van der Waals surface area contributed by atoms with Gasteiger partial charge in [0.2, 0.25) is 0 Å². The van der Waals surface area contributed by atoms with Crippen molar-refractivity contribution in [1.82, 2.24) is 0 Å². The Morgan fingerprint density at radius 1 is 1.35 bits per heavy atom. The van der Waals surface area contributed by atoms with E-state index < -0.39 is 11.4 Å². The number of carboxylic acid groups (broad SMARTS) is 1. The van der Waals surface area contributed by atoms with Gasteiger partial charge < -0.3 is 14.9 Å². The van der Waals surface area contributed by atoms with E-state index in [1.165, 1.54) is 7.11 Å². The topological polar surface area (TPSA) is 66.8 Å². The lowest BCUT2D eigenvalue weighted by molar-refractivity contribution is -0.145. The Kier molecular flexibility index (Phi) is 4.28. The fourth-order valence-electron chi connectivity index (χ4n) is 3.08. The molecule has 5 heteroatoms. The maximum Gasteiger partial charge on any atom is 0.314 e. The highest BCUT2D eigenvalue weighted by Crippen LogP contribution is 2.48. The lowest BCUT2D eigenvalue weighted by atomic mass is 9.69. The van der Waals surface area contributed by atoms with Crippen molar-refractivity contribution in [2.24, 2.45) is 0 Å². The zero-order valence-electron chi connectivity index (χ0n) is 11.7. The van der Waals surface area contributed by atoms with Crippen LogP contribution in [0.1, 0.15) is 43.2 Å². The molecule has 0 aliphatic heterocycles. The normalized spacial score (nSPS) is 17.8. The Hall–Kier alpha value is -1.23. The second kappa shape index (κ2) is 5.64. The van der Waals surface area contributed by atoms with Gasteiger partial charge in [0.1, 0.15) is 0 Å². The Balaban J connectivity index is 2.66. The van der Waals surface area contributed by atoms with E-state index in [1.807, 2.05) is 6.92 Å². The second-order valence-corrected chi connectivity index (χ2v) is 6.22. The molecular formula is C15H19BrO4. The van der Waals surface area contributed by atoms with Crippen LogP contribution in [0.15, 0.2) is 10.5 Å². The van der Waals surface area contributed by atoms with Gasteiger partial charge in [-0.15, -0.1) is 0 Å². The molecule has 0 amide bonds. The van der Waals surface area contributed by atoms with Gasteiger partial charge in [-0.2, -0.15) is 0 Å². The van der Waals surface area contributed by atoms with Gasteiger partial charge in [0.15, 0.2) is 11.5 Å². The average molecular weight is 343 g/mol. The number of phenols is 1. The Morgan fingerprint density at radius 3 is 2.45 bits per heavy atom. The van der Waals surface area contributed by atoms with Crippen LogP contribution in [0.4, 0.5) is 0 Å². The molecule has 110 valence electrons. The summed E-state index contributed by atoms with van der Waals surface area (Å²) in [6.07, 6.45) is 3.86. The molecule has 1 aliphatic carbocycles. The summed E-state index contributed by atoms with van der Waals surface area (Å²) in [7, 11) is 1.48. The third kappa shape index (κ3) is 2.28. The van der Waals surface area contributed by atoms with Gasteiger partial charge in [-0.1, -0.05) is 35.2 Å². The molecule has 2 N–H and O–H groups in total. The van der Waals surface area contributed by atoms with E-state index in [9.17, 15) is 15.0 Å². The van der Waals surface area contributed by atoms with Crippen molar-refractivity contribution in [2.75, 3.05) is 7.11 Å². The lowest BCUT2D eigenvalue weighted by Gasteiger charge is -2.34. The van der Waals surface area contributed by atoms with Gasteiger partial charge in [0.05, 0.1) is 12.5 Å². The fraction of sp³-hybridized carbons (Fsp3) is 0.533. The van der Waals surface area contributed by atoms with Crippen molar-refractivity contribution >= 4 is 21.9 Å². The molecule has 1 saturated carbocycles. The number of carbonyl (C=O) groups is 1. The number of aromatic hydroxyl groups is 1. The number of ether oxygens (including phenoxy) is 1. The van der Waals surface area contributed by atoms with E-state index in [2.05, 4.69) is 15.9 Å². The monoisotopic (exact) mass is 342 g/mol. The number of benzene rings is 1. The van der Waals surface area contributed by atoms with Crippen molar-refractivity contribution in [3.05, 3.63) is 21.7 Å². The van der Waals surface area contributed by atoms with Crippen LogP contribution in [0.5, 0.6) is 11.5 Å². The first-order chi connectivity index (χ1) is 9.44. The molecule has 1 aliphatic rings. The van der Waals surface area contributed by atoms with Crippen LogP contribution >= 0.6 is 15.9 Å². The highest BCUT2D eigenvalue weighted by molar-refractivity contribution is 9.10. The Labute approximate surface area is 126 Å². The van der Waals surface area contributed by atoms with Crippen LogP contribution in [0.3, 0.4) is 0 Å². The third-order valence-electron chi connectivity index (χ3n) is 4.28. The van der Waals surface area contributed by atoms with Crippen LogP contribution in [0.2, 0.25) is 0 Å². The summed E-state index contributed by atoms with van der Waals surface area (Å²) in [5.74, 6) is -0.566. The van der Waals surface area contributed by atoms with E-state index in [0.717, 1.165) is 29.3 Å². The molecule has 1 aromatic carbocycles. The summed E-state index contributed by atoms with van der Waals surface area (Å²) < 4.78 is 6.00. The van der Waals surface area contributed by atoms with Crippen molar-refractivity contribution in [3.8, 4) is 11.5 Å². The second-order valence-electron chi connectivity index (χ2n) is 5.36. The van der Waals surface area contributed by atoms with E-state index in [4.69, 9.17) is 4.74 Å². The van der Waals surface area contributed by atoms with E-state index in [-0.39, 0.29) is 5.75 Å². The van der Waals surface area contributed by atoms with Crippen molar-refractivity contribution in [2.45, 2.75) is 44.4 Å². The molecule has 2 rings (SSSR count). The fourth-order valence-corrected chi connectivity index (χ4v) is 3.49. The highest BCUT2D eigenvalue weighted by Gasteiger charge is 2.44. The number of hydrogen-bond acceptors (Lipinski definition) is 3. The van der Waals surface area contributed by atoms with E-state index in [0.29, 0.717) is 24.2 Å². The summed E-state index contributed by atoms with van der Waals surface area (Å²) in [5.41, 5.74) is 0.218. The minimum absolute atomic E-state index is 0.0440. The van der Waals surface area contributed by atoms with Gasteiger partial charge in [-0.25, -0.2) is 0 Å². The number of phenolic OH excluding ortho intramolecular Hbond substituents is 1. The highest BCUT2D eigenvalue weighted by atomic mass is 79.9. The quantitative estimate of drug-likeness (QED) is 0.877. The van der Waals surface area contributed by atoms with Gasteiger partial charge in [-0.05, 0) is 25.8 Å². The lowest BCUT2D eigenvalue weighted by Crippen LogP contribution is -2.38. The molecule has 0 aromatic heterocycles. The van der Waals surface area contributed by atoms with Crippen LogP contribution in [0.25, 0.3) is 0 Å². The molecule has 0 spiro atoms. The number of methoxy groups -OCH3 is 1. The van der Waals surface area contributed by atoms with Gasteiger partial charge in [0, 0.05) is 15.6 Å². The van der Waals surface area contributed by atoms with Crippen LogP contribution in [0, 0.1) is 6.92 Å². The predicted molar refractivity (Wildman–Crippen MR) is 79.5 cm³/mol. The summed E-state index contributed by atoms with van der Waals surface area (Å²) >= 11 is 3.43. The summed E-state index contributed by atoms with van der Waals surface area (Å²) in [6.45, 7) is 1.82. The Morgan fingerprint density at radius 2 is 1.95 bits per heavy atom. The SMILES string of the molecule is COc1c(C)c(Br)cc(C2(C(=O)O)CCCCC2)c1O. The van der Waals surface area contributed by atoms with Gasteiger partial charge in [0.25, 0.3) is 0 Å². The van der Waals surface area contributed by atoms with Crippen molar-refractivity contribution in [1.29, 1.82) is 0 Å². The van der Waals surface area contributed by atoms with Gasteiger partial charge in [-0.3, -0.25) is 4.79 Å². The molecule has 4 nitrogen and oxygen atoms in total. The molecule has 0 saturated heterocycles. The first-order valence-electron chi connectivity index (χ1n) is 6.74. The molecule has 0 heterocycles. The number of hydrogen-bond donors (Lipinski definition) is 2. The zero-order chi connectivity index (χ0) is 14.9. The molecule has 20 heavy (non-hydrogen) atoms. The van der Waals surface area contributed by atoms with Crippen LogP contribution < -0.4 is 4.74 Å². The van der Waals surface area contributed by atoms with E-state index in [1.54, 1.807) is 6.07 Å². The molecule has 1 fully saturated rings.